The van der Waals surface area contributed by atoms with E-state index in [1.54, 1.807) is 24.3 Å². The van der Waals surface area contributed by atoms with Gasteiger partial charge in [0.25, 0.3) is 0 Å². The summed E-state index contributed by atoms with van der Waals surface area (Å²) in [5.41, 5.74) is 0.877. The van der Waals surface area contributed by atoms with Crippen LogP contribution >= 0.6 is 23.2 Å². The average Bonchev–Trinajstić information content (AvgIpc) is 2.87. The lowest BCUT2D eigenvalue weighted by Gasteiger charge is -2.17. The van der Waals surface area contributed by atoms with Crippen LogP contribution in [-0.2, 0) is 4.79 Å². The second-order valence-corrected chi connectivity index (χ2v) is 6.52. The highest BCUT2D eigenvalue weighted by molar-refractivity contribution is 6.42. The molecule has 114 valence electrons. The summed E-state index contributed by atoms with van der Waals surface area (Å²) in [4.78, 5) is 16.2. The topological polar surface area (TPSA) is 23.6 Å². The molecule has 2 rings (SSSR count). The van der Waals surface area contributed by atoms with Gasteiger partial charge in [0, 0.05) is 25.7 Å². The molecule has 0 radical (unpaired) electrons. The summed E-state index contributed by atoms with van der Waals surface area (Å²) in [6.07, 6.45) is 4.46. The number of benzene rings is 1. The van der Waals surface area contributed by atoms with Gasteiger partial charge < -0.3 is 9.80 Å². The Morgan fingerprint density at radius 2 is 2.14 bits per heavy atom. The van der Waals surface area contributed by atoms with Gasteiger partial charge in [-0.15, -0.1) is 0 Å². The molecule has 1 aromatic carbocycles. The largest absolute Gasteiger partial charge is 0.339 e. The molecule has 1 amide bonds. The average molecular weight is 327 g/mol. The van der Waals surface area contributed by atoms with Crippen molar-refractivity contribution in [3.8, 4) is 0 Å². The van der Waals surface area contributed by atoms with Crippen LogP contribution < -0.4 is 0 Å². The summed E-state index contributed by atoms with van der Waals surface area (Å²) in [7, 11) is 4.13. The van der Waals surface area contributed by atoms with Gasteiger partial charge in [-0.1, -0.05) is 29.3 Å². The highest BCUT2D eigenvalue weighted by atomic mass is 35.5. The van der Waals surface area contributed by atoms with Crippen molar-refractivity contribution in [2.24, 2.45) is 5.92 Å². The van der Waals surface area contributed by atoms with E-state index in [1.165, 1.54) is 0 Å². The summed E-state index contributed by atoms with van der Waals surface area (Å²) >= 11 is 11.8. The fourth-order valence-electron chi connectivity index (χ4n) is 2.59. The maximum absolute atomic E-state index is 12.2. The summed E-state index contributed by atoms with van der Waals surface area (Å²) in [6.45, 7) is 2.70. The van der Waals surface area contributed by atoms with Crippen LogP contribution in [-0.4, -0.2) is 49.4 Å². The van der Waals surface area contributed by atoms with Crippen LogP contribution in [0.25, 0.3) is 6.08 Å². The van der Waals surface area contributed by atoms with Gasteiger partial charge in [-0.25, -0.2) is 0 Å². The lowest BCUT2D eigenvalue weighted by molar-refractivity contribution is -0.125. The zero-order valence-corrected chi connectivity index (χ0v) is 13.9. The van der Waals surface area contributed by atoms with Gasteiger partial charge in [-0.2, -0.15) is 0 Å². The minimum atomic E-state index is 0.0577. The zero-order valence-electron chi connectivity index (χ0n) is 12.4. The Hall–Kier alpha value is -1.03. The number of carbonyl (C=O) groups is 1. The lowest BCUT2D eigenvalue weighted by Crippen LogP contribution is -2.29. The van der Waals surface area contributed by atoms with Crippen LogP contribution in [0.4, 0.5) is 0 Å². The molecule has 3 nitrogen and oxygen atoms in total. The Bertz CT molecular complexity index is 543. The summed E-state index contributed by atoms with van der Waals surface area (Å²) in [5.74, 6) is 0.629. The van der Waals surface area contributed by atoms with Gasteiger partial charge in [0.1, 0.15) is 0 Å². The fraction of sp³-hybridized carbons (Fsp3) is 0.438. The molecule has 1 aliphatic rings. The Labute approximate surface area is 136 Å². The summed E-state index contributed by atoms with van der Waals surface area (Å²) < 4.78 is 0. The first-order chi connectivity index (χ1) is 9.95. The SMILES string of the molecule is CN(C)C[C@@H]1CCN(C(=O)/C=C\c2ccc(Cl)c(Cl)c2)C1. The molecule has 5 heteroatoms. The molecule has 0 spiro atoms. The van der Waals surface area contributed by atoms with Gasteiger partial charge >= 0.3 is 0 Å². The van der Waals surface area contributed by atoms with Crippen molar-refractivity contribution in [2.45, 2.75) is 6.42 Å². The number of hydrogen-bond donors (Lipinski definition) is 0. The molecule has 1 saturated heterocycles. The molecular weight excluding hydrogens is 307 g/mol. The number of likely N-dealkylation sites (tertiary alicyclic amines) is 1. The molecule has 1 aromatic rings. The second kappa shape index (κ2) is 7.30. The van der Waals surface area contributed by atoms with Crippen molar-refractivity contribution >= 4 is 35.2 Å². The Kier molecular flexibility index (Phi) is 5.68. The quantitative estimate of drug-likeness (QED) is 0.791. The summed E-state index contributed by atoms with van der Waals surface area (Å²) in [5, 5.41) is 1.02. The van der Waals surface area contributed by atoms with E-state index in [1.807, 2.05) is 11.0 Å². The van der Waals surface area contributed by atoms with E-state index in [0.29, 0.717) is 16.0 Å². The molecule has 0 bridgehead atoms. The van der Waals surface area contributed by atoms with E-state index in [4.69, 9.17) is 23.2 Å². The van der Waals surface area contributed by atoms with Gasteiger partial charge in [0.05, 0.1) is 10.0 Å². The van der Waals surface area contributed by atoms with Crippen molar-refractivity contribution in [3.05, 3.63) is 39.9 Å². The van der Waals surface area contributed by atoms with E-state index in [2.05, 4.69) is 19.0 Å². The first-order valence-electron chi connectivity index (χ1n) is 7.02. The smallest absolute Gasteiger partial charge is 0.246 e. The second-order valence-electron chi connectivity index (χ2n) is 5.71. The van der Waals surface area contributed by atoms with Crippen molar-refractivity contribution < 1.29 is 4.79 Å². The number of amides is 1. The predicted octanol–water partition coefficient (Wildman–Crippen LogP) is 3.42. The Morgan fingerprint density at radius 1 is 1.38 bits per heavy atom. The van der Waals surface area contributed by atoms with Crippen molar-refractivity contribution in [3.63, 3.8) is 0 Å². The third kappa shape index (κ3) is 4.73. The molecule has 0 aromatic heterocycles. The zero-order chi connectivity index (χ0) is 15.4. The van der Waals surface area contributed by atoms with E-state index in [0.717, 1.165) is 31.6 Å². The molecule has 0 N–H and O–H groups in total. The molecule has 21 heavy (non-hydrogen) atoms. The molecule has 1 fully saturated rings. The fourth-order valence-corrected chi connectivity index (χ4v) is 2.89. The highest BCUT2D eigenvalue weighted by Crippen LogP contribution is 2.23. The Balaban J connectivity index is 1.92. The third-order valence-electron chi connectivity index (χ3n) is 3.58. The van der Waals surface area contributed by atoms with E-state index >= 15 is 0 Å². The molecule has 0 aliphatic carbocycles. The number of nitrogens with zero attached hydrogens (tertiary/aromatic N) is 2. The van der Waals surface area contributed by atoms with Crippen LogP contribution in [0.1, 0.15) is 12.0 Å². The van der Waals surface area contributed by atoms with E-state index in [9.17, 15) is 4.79 Å². The number of hydrogen-bond acceptors (Lipinski definition) is 2. The Morgan fingerprint density at radius 3 is 2.81 bits per heavy atom. The third-order valence-corrected chi connectivity index (χ3v) is 4.32. The van der Waals surface area contributed by atoms with Crippen LogP contribution in [0.3, 0.4) is 0 Å². The van der Waals surface area contributed by atoms with Crippen LogP contribution in [0.15, 0.2) is 24.3 Å². The summed E-state index contributed by atoms with van der Waals surface area (Å²) in [6, 6.07) is 5.33. The standard InChI is InChI=1S/C16H20Cl2N2O/c1-19(2)10-13-7-8-20(11-13)16(21)6-4-12-3-5-14(17)15(18)9-12/h3-6,9,13H,7-8,10-11H2,1-2H3/b6-4-/t13-/m0/s1. The van der Waals surface area contributed by atoms with Crippen molar-refractivity contribution in [1.29, 1.82) is 0 Å². The van der Waals surface area contributed by atoms with Crippen LogP contribution in [0.2, 0.25) is 10.0 Å². The van der Waals surface area contributed by atoms with Crippen LogP contribution in [0, 0.1) is 5.92 Å². The minimum Gasteiger partial charge on any atom is -0.339 e. The molecule has 1 aliphatic heterocycles. The maximum atomic E-state index is 12.2. The normalized spacial score (nSPS) is 18.9. The number of halogens is 2. The van der Waals surface area contributed by atoms with Crippen LogP contribution in [0.5, 0.6) is 0 Å². The first-order valence-corrected chi connectivity index (χ1v) is 7.78. The predicted molar refractivity (Wildman–Crippen MR) is 88.7 cm³/mol. The van der Waals surface area contributed by atoms with E-state index in [-0.39, 0.29) is 5.91 Å². The first kappa shape index (κ1) is 16.3. The molecule has 0 saturated carbocycles. The van der Waals surface area contributed by atoms with Gasteiger partial charge in [0.15, 0.2) is 0 Å². The lowest BCUT2D eigenvalue weighted by atomic mass is 10.1. The van der Waals surface area contributed by atoms with E-state index < -0.39 is 0 Å². The minimum absolute atomic E-state index is 0.0577. The van der Waals surface area contributed by atoms with Gasteiger partial charge in [0.2, 0.25) is 5.91 Å². The molecular formula is C16H20Cl2N2O. The highest BCUT2D eigenvalue weighted by Gasteiger charge is 2.25. The molecule has 0 unspecified atom stereocenters. The maximum Gasteiger partial charge on any atom is 0.246 e. The van der Waals surface area contributed by atoms with Crippen molar-refractivity contribution in [2.75, 3.05) is 33.7 Å². The number of carbonyl (C=O) groups excluding carboxylic acids is 1. The molecule has 1 heterocycles. The molecule has 1 atom stereocenters. The van der Waals surface area contributed by atoms with Gasteiger partial charge in [-0.3, -0.25) is 4.79 Å². The monoisotopic (exact) mass is 326 g/mol. The van der Waals surface area contributed by atoms with Gasteiger partial charge in [-0.05, 0) is 50.2 Å². The van der Waals surface area contributed by atoms with Crippen molar-refractivity contribution in [1.82, 2.24) is 9.80 Å². The number of rotatable bonds is 4.